The maximum atomic E-state index is 4.96. The zero-order valence-electron chi connectivity index (χ0n) is 12.7. The van der Waals surface area contributed by atoms with Gasteiger partial charge in [-0.2, -0.15) is 0 Å². The Morgan fingerprint density at radius 2 is 2.05 bits per heavy atom. The van der Waals surface area contributed by atoms with Crippen molar-refractivity contribution in [1.82, 2.24) is 19.8 Å². The molecule has 1 unspecified atom stereocenters. The van der Waals surface area contributed by atoms with E-state index >= 15 is 0 Å². The number of hydrogen-bond acceptors (Lipinski definition) is 3. The van der Waals surface area contributed by atoms with Crippen LogP contribution in [0.3, 0.4) is 0 Å². The summed E-state index contributed by atoms with van der Waals surface area (Å²) in [6, 6.07) is 1.57. The highest BCUT2D eigenvalue weighted by Crippen LogP contribution is 2.36. The van der Waals surface area contributed by atoms with Gasteiger partial charge in [0.05, 0.1) is 5.69 Å². The Morgan fingerprint density at radius 3 is 2.80 bits per heavy atom. The highest BCUT2D eigenvalue weighted by molar-refractivity contribution is 5.23. The van der Waals surface area contributed by atoms with Crippen molar-refractivity contribution >= 4 is 0 Å². The smallest absolute Gasteiger partial charge is 0.112 e. The molecule has 2 fully saturated rings. The van der Waals surface area contributed by atoms with Crippen LogP contribution in [0.1, 0.15) is 62.3 Å². The Balaban J connectivity index is 1.67. The average Bonchev–Trinajstić information content (AvgIpc) is 3.05. The van der Waals surface area contributed by atoms with Gasteiger partial charge in [0.25, 0.3) is 0 Å². The van der Waals surface area contributed by atoms with E-state index in [2.05, 4.69) is 28.6 Å². The minimum absolute atomic E-state index is 0.524. The van der Waals surface area contributed by atoms with E-state index in [0.29, 0.717) is 12.0 Å². The second-order valence-corrected chi connectivity index (χ2v) is 6.98. The van der Waals surface area contributed by atoms with Crippen LogP contribution in [0.15, 0.2) is 0 Å². The number of aromatic nitrogens is 2. The van der Waals surface area contributed by atoms with Crippen molar-refractivity contribution in [2.75, 3.05) is 19.6 Å². The quantitative estimate of drug-likeness (QED) is 0.916. The molecule has 0 radical (unpaired) electrons. The highest BCUT2D eigenvalue weighted by Gasteiger charge is 2.37. The monoisotopic (exact) mass is 274 g/mol. The molecule has 0 spiro atoms. The lowest BCUT2D eigenvalue weighted by molar-refractivity contribution is 0.310. The molecule has 1 atom stereocenters. The molecule has 0 aromatic carbocycles. The number of rotatable bonds is 3. The van der Waals surface area contributed by atoms with Crippen LogP contribution >= 0.6 is 0 Å². The Labute approximate surface area is 121 Å². The molecule has 3 aliphatic rings. The first-order chi connectivity index (χ1) is 9.74. The summed E-state index contributed by atoms with van der Waals surface area (Å²) >= 11 is 0. The molecule has 1 aromatic rings. The second-order valence-electron chi connectivity index (χ2n) is 6.98. The summed E-state index contributed by atoms with van der Waals surface area (Å²) in [5.74, 6) is 1.84. The van der Waals surface area contributed by atoms with Gasteiger partial charge in [0, 0.05) is 56.3 Å². The van der Waals surface area contributed by atoms with Gasteiger partial charge in [-0.05, 0) is 19.3 Å². The molecule has 1 N–H and O–H groups in total. The van der Waals surface area contributed by atoms with Crippen LogP contribution < -0.4 is 5.32 Å². The fourth-order valence-electron chi connectivity index (χ4n) is 3.92. The zero-order chi connectivity index (χ0) is 13.7. The first-order valence-corrected chi connectivity index (χ1v) is 8.28. The SMILES string of the molecule is CC(C)c1nc2c(n1C1CCN(C3CC3)C1)CCNC2. The predicted octanol–water partition coefficient (Wildman–Crippen LogP) is 2.06. The molecular formula is C16H26N4. The molecule has 3 heterocycles. The van der Waals surface area contributed by atoms with Crippen LogP contribution in [0.5, 0.6) is 0 Å². The van der Waals surface area contributed by atoms with Crippen molar-refractivity contribution in [3.05, 3.63) is 17.2 Å². The van der Waals surface area contributed by atoms with Crippen molar-refractivity contribution in [2.45, 2.75) is 64.1 Å². The van der Waals surface area contributed by atoms with Gasteiger partial charge in [0.2, 0.25) is 0 Å². The number of nitrogens with one attached hydrogen (secondary N) is 1. The largest absolute Gasteiger partial charge is 0.327 e. The fraction of sp³-hybridized carbons (Fsp3) is 0.812. The highest BCUT2D eigenvalue weighted by atomic mass is 15.3. The summed E-state index contributed by atoms with van der Waals surface area (Å²) in [7, 11) is 0. The normalized spacial score (nSPS) is 27.2. The fourth-order valence-corrected chi connectivity index (χ4v) is 3.92. The van der Waals surface area contributed by atoms with Gasteiger partial charge in [0.1, 0.15) is 5.82 Å². The minimum Gasteiger partial charge on any atom is -0.327 e. The van der Waals surface area contributed by atoms with Crippen molar-refractivity contribution in [1.29, 1.82) is 0 Å². The molecule has 20 heavy (non-hydrogen) atoms. The Kier molecular flexibility index (Phi) is 3.11. The topological polar surface area (TPSA) is 33.1 Å². The molecule has 4 heteroatoms. The number of likely N-dealkylation sites (tertiary alicyclic amines) is 1. The summed E-state index contributed by atoms with van der Waals surface area (Å²) in [6.07, 6.45) is 5.31. The summed E-state index contributed by atoms with van der Waals surface area (Å²) in [5.41, 5.74) is 2.83. The third kappa shape index (κ3) is 2.09. The van der Waals surface area contributed by atoms with Crippen LogP contribution in [-0.4, -0.2) is 40.1 Å². The second kappa shape index (κ2) is 4.85. The lowest BCUT2D eigenvalue weighted by Crippen LogP contribution is -2.28. The van der Waals surface area contributed by atoms with E-state index in [9.17, 15) is 0 Å². The van der Waals surface area contributed by atoms with Crippen molar-refractivity contribution in [3.8, 4) is 0 Å². The van der Waals surface area contributed by atoms with Gasteiger partial charge < -0.3 is 9.88 Å². The van der Waals surface area contributed by atoms with E-state index in [4.69, 9.17) is 4.98 Å². The summed E-state index contributed by atoms with van der Waals surface area (Å²) in [6.45, 7) is 9.17. The van der Waals surface area contributed by atoms with E-state index in [1.807, 2.05) is 0 Å². The van der Waals surface area contributed by atoms with Crippen LogP contribution in [0.2, 0.25) is 0 Å². The first kappa shape index (κ1) is 12.8. The van der Waals surface area contributed by atoms with Crippen LogP contribution in [0.4, 0.5) is 0 Å². The van der Waals surface area contributed by atoms with Crippen LogP contribution in [0.25, 0.3) is 0 Å². The van der Waals surface area contributed by atoms with E-state index in [0.717, 1.165) is 25.6 Å². The predicted molar refractivity (Wildman–Crippen MR) is 80.0 cm³/mol. The maximum absolute atomic E-state index is 4.96. The standard InChI is InChI=1S/C16H26N4/c1-11(2)16-18-14-9-17-7-5-15(14)20(16)13-6-8-19(10-13)12-3-4-12/h11-13,17H,3-10H2,1-2H3. The van der Waals surface area contributed by atoms with Gasteiger partial charge in [-0.1, -0.05) is 13.8 Å². The van der Waals surface area contributed by atoms with Gasteiger partial charge >= 0.3 is 0 Å². The van der Waals surface area contributed by atoms with E-state index in [-0.39, 0.29) is 0 Å². The van der Waals surface area contributed by atoms with E-state index in [1.165, 1.54) is 49.6 Å². The Hall–Kier alpha value is -0.870. The molecule has 1 saturated carbocycles. The molecule has 1 saturated heterocycles. The molecule has 4 nitrogen and oxygen atoms in total. The average molecular weight is 274 g/mol. The van der Waals surface area contributed by atoms with Gasteiger partial charge in [0.15, 0.2) is 0 Å². The van der Waals surface area contributed by atoms with Crippen LogP contribution in [0, 0.1) is 0 Å². The number of fused-ring (bicyclic) bond motifs is 1. The molecule has 0 amide bonds. The van der Waals surface area contributed by atoms with Gasteiger partial charge in [-0.25, -0.2) is 4.98 Å². The maximum Gasteiger partial charge on any atom is 0.112 e. The number of nitrogens with zero attached hydrogens (tertiary/aromatic N) is 3. The van der Waals surface area contributed by atoms with E-state index in [1.54, 1.807) is 0 Å². The third-order valence-corrected chi connectivity index (χ3v) is 5.09. The summed E-state index contributed by atoms with van der Waals surface area (Å²) < 4.78 is 2.63. The van der Waals surface area contributed by atoms with Crippen LogP contribution in [-0.2, 0) is 13.0 Å². The lowest BCUT2D eigenvalue weighted by atomic mass is 10.1. The molecule has 4 rings (SSSR count). The Bertz CT molecular complexity index is 501. The molecule has 2 aliphatic heterocycles. The lowest BCUT2D eigenvalue weighted by Gasteiger charge is -2.23. The van der Waals surface area contributed by atoms with E-state index < -0.39 is 0 Å². The molecule has 110 valence electrons. The summed E-state index contributed by atoms with van der Waals surface area (Å²) in [4.78, 5) is 7.67. The third-order valence-electron chi connectivity index (χ3n) is 5.09. The molecule has 1 aliphatic carbocycles. The molecule has 1 aromatic heterocycles. The zero-order valence-corrected chi connectivity index (χ0v) is 12.7. The van der Waals surface area contributed by atoms with Crippen molar-refractivity contribution in [2.24, 2.45) is 0 Å². The van der Waals surface area contributed by atoms with Gasteiger partial charge in [-0.15, -0.1) is 0 Å². The minimum atomic E-state index is 0.524. The van der Waals surface area contributed by atoms with Crippen molar-refractivity contribution in [3.63, 3.8) is 0 Å². The summed E-state index contributed by atoms with van der Waals surface area (Å²) in [5, 5.41) is 3.46. The number of hydrogen-bond donors (Lipinski definition) is 1. The molecule has 0 bridgehead atoms. The van der Waals surface area contributed by atoms with Crippen molar-refractivity contribution < 1.29 is 0 Å². The Morgan fingerprint density at radius 1 is 1.20 bits per heavy atom. The molecular weight excluding hydrogens is 248 g/mol. The number of imidazole rings is 1. The van der Waals surface area contributed by atoms with Gasteiger partial charge in [-0.3, -0.25) is 4.90 Å². The first-order valence-electron chi connectivity index (χ1n) is 8.28.